The van der Waals surface area contributed by atoms with Gasteiger partial charge in [0, 0.05) is 5.54 Å². The van der Waals surface area contributed by atoms with Crippen LogP contribution in [0.1, 0.15) is 30.8 Å². The van der Waals surface area contributed by atoms with Crippen LogP contribution >= 0.6 is 0 Å². The maximum atomic E-state index is 12.6. The number of nitrogens with zero attached hydrogens (tertiary/aromatic N) is 1. The lowest BCUT2D eigenvalue weighted by atomic mass is 10.0. The van der Waals surface area contributed by atoms with Gasteiger partial charge < -0.3 is 10.4 Å². The fourth-order valence-corrected chi connectivity index (χ4v) is 1.30. The number of amides is 1. The molecule has 0 radical (unpaired) electrons. The smallest absolute Gasteiger partial charge is 0.305 e. The van der Waals surface area contributed by atoms with E-state index in [-0.39, 0.29) is 12.1 Å². The standard InChI is InChI=1S/C11H13FN2O3/c1-11(2,5-9(15)16)14-10(17)8-4-3-7(12)6-13-8/h3-4,6H,5H2,1-2H3,(H,14,17)(H,15,16). The van der Waals surface area contributed by atoms with Crippen molar-refractivity contribution in [2.24, 2.45) is 0 Å². The molecule has 0 aliphatic carbocycles. The minimum atomic E-state index is -1.01. The van der Waals surface area contributed by atoms with Crippen molar-refractivity contribution in [3.63, 3.8) is 0 Å². The van der Waals surface area contributed by atoms with Crippen molar-refractivity contribution >= 4 is 11.9 Å². The van der Waals surface area contributed by atoms with Gasteiger partial charge in [-0.25, -0.2) is 9.37 Å². The van der Waals surface area contributed by atoms with Crippen LogP contribution in [0.25, 0.3) is 0 Å². The Kier molecular flexibility index (Phi) is 3.77. The highest BCUT2D eigenvalue weighted by molar-refractivity contribution is 5.93. The Labute approximate surface area is 97.7 Å². The Hall–Kier alpha value is -1.98. The van der Waals surface area contributed by atoms with Crippen LogP contribution in [0.3, 0.4) is 0 Å². The zero-order valence-electron chi connectivity index (χ0n) is 9.53. The summed E-state index contributed by atoms with van der Waals surface area (Å²) in [6.07, 6.45) is 0.721. The molecule has 0 atom stereocenters. The molecule has 0 bridgehead atoms. The number of pyridine rings is 1. The zero-order chi connectivity index (χ0) is 13.1. The molecular weight excluding hydrogens is 227 g/mol. The van der Waals surface area contributed by atoms with Crippen molar-refractivity contribution in [3.05, 3.63) is 29.8 Å². The lowest BCUT2D eigenvalue weighted by Gasteiger charge is -2.23. The number of halogens is 1. The van der Waals surface area contributed by atoms with Gasteiger partial charge in [-0.05, 0) is 26.0 Å². The van der Waals surface area contributed by atoms with Crippen molar-refractivity contribution in [3.8, 4) is 0 Å². The van der Waals surface area contributed by atoms with Crippen LogP contribution < -0.4 is 5.32 Å². The van der Waals surface area contributed by atoms with Gasteiger partial charge in [0.1, 0.15) is 11.5 Å². The molecule has 0 saturated carbocycles. The van der Waals surface area contributed by atoms with Gasteiger partial charge in [0.25, 0.3) is 5.91 Å². The summed E-state index contributed by atoms with van der Waals surface area (Å²) in [4.78, 5) is 25.8. The van der Waals surface area contributed by atoms with E-state index in [1.54, 1.807) is 13.8 Å². The number of carboxylic acid groups (broad SMARTS) is 1. The molecule has 0 aliphatic rings. The molecule has 17 heavy (non-hydrogen) atoms. The van der Waals surface area contributed by atoms with E-state index in [0.717, 1.165) is 12.3 Å². The molecular formula is C11H13FN2O3. The molecule has 0 fully saturated rings. The van der Waals surface area contributed by atoms with E-state index in [4.69, 9.17) is 5.11 Å². The highest BCUT2D eigenvalue weighted by atomic mass is 19.1. The lowest BCUT2D eigenvalue weighted by molar-refractivity contribution is -0.138. The summed E-state index contributed by atoms with van der Waals surface area (Å²) < 4.78 is 12.6. The summed E-state index contributed by atoms with van der Waals surface area (Å²) in [6.45, 7) is 3.17. The first-order valence-corrected chi connectivity index (χ1v) is 4.96. The average Bonchev–Trinajstić information content (AvgIpc) is 2.15. The highest BCUT2D eigenvalue weighted by Crippen LogP contribution is 2.09. The number of aliphatic carboxylic acids is 1. The molecule has 2 N–H and O–H groups in total. The van der Waals surface area contributed by atoms with Crippen molar-refractivity contribution < 1.29 is 19.1 Å². The molecule has 1 aromatic heterocycles. The number of hydrogen-bond donors (Lipinski definition) is 2. The van der Waals surface area contributed by atoms with E-state index in [9.17, 15) is 14.0 Å². The van der Waals surface area contributed by atoms with Crippen molar-refractivity contribution in [2.45, 2.75) is 25.8 Å². The zero-order valence-corrected chi connectivity index (χ0v) is 9.53. The molecule has 5 nitrogen and oxygen atoms in total. The first kappa shape index (κ1) is 13.1. The quantitative estimate of drug-likeness (QED) is 0.828. The van der Waals surface area contributed by atoms with Crippen LogP contribution in [-0.4, -0.2) is 27.5 Å². The predicted octanol–water partition coefficient (Wildman–Crippen LogP) is 1.20. The third kappa shape index (κ3) is 4.18. The maximum absolute atomic E-state index is 12.6. The van der Waals surface area contributed by atoms with E-state index in [1.807, 2.05) is 0 Å². The summed E-state index contributed by atoms with van der Waals surface area (Å²) in [5.41, 5.74) is -0.844. The summed E-state index contributed by atoms with van der Waals surface area (Å²) >= 11 is 0. The van der Waals surface area contributed by atoms with Crippen LogP contribution in [0.4, 0.5) is 4.39 Å². The van der Waals surface area contributed by atoms with Gasteiger partial charge >= 0.3 is 5.97 Å². The van der Waals surface area contributed by atoms with Crippen LogP contribution in [0, 0.1) is 5.82 Å². The topological polar surface area (TPSA) is 79.3 Å². The average molecular weight is 240 g/mol. The van der Waals surface area contributed by atoms with Gasteiger partial charge in [-0.3, -0.25) is 9.59 Å². The van der Waals surface area contributed by atoms with Gasteiger partial charge in [-0.2, -0.15) is 0 Å². The summed E-state index contributed by atoms with van der Waals surface area (Å²) in [5, 5.41) is 11.2. The van der Waals surface area contributed by atoms with Crippen molar-refractivity contribution in [2.75, 3.05) is 0 Å². The normalized spacial score (nSPS) is 11.0. The second kappa shape index (κ2) is 4.90. The second-order valence-corrected chi connectivity index (χ2v) is 4.27. The Morgan fingerprint density at radius 2 is 2.12 bits per heavy atom. The van der Waals surface area contributed by atoms with E-state index >= 15 is 0 Å². The van der Waals surface area contributed by atoms with Crippen LogP contribution in [-0.2, 0) is 4.79 Å². The van der Waals surface area contributed by atoms with Crippen LogP contribution in [0.5, 0.6) is 0 Å². The predicted molar refractivity (Wildman–Crippen MR) is 58.0 cm³/mol. The maximum Gasteiger partial charge on any atom is 0.305 e. The molecule has 1 aromatic rings. The Balaban J connectivity index is 2.72. The highest BCUT2D eigenvalue weighted by Gasteiger charge is 2.24. The molecule has 0 spiro atoms. The Morgan fingerprint density at radius 1 is 1.47 bits per heavy atom. The monoisotopic (exact) mass is 240 g/mol. The molecule has 0 unspecified atom stereocenters. The van der Waals surface area contributed by atoms with Crippen LogP contribution in [0.15, 0.2) is 18.3 Å². The number of aromatic nitrogens is 1. The van der Waals surface area contributed by atoms with Crippen molar-refractivity contribution in [1.82, 2.24) is 10.3 Å². The van der Waals surface area contributed by atoms with Gasteiger partial charge in [-0.1, -0.05) is 0 Å². The molecule has 1 heterocycles. The molecule has 0 aliphatic heterocycles. The number of rotatable bonds is 4. The van der Waals surface area contributed by atoms with Crippen LogP contribution in [0.2, 0.25) is 0 Å². The first-order chi connectivity index (χ1) is 7.80. The molecule has 0 saturated heterocycles. The lowest BCUT2D eigenvalue weighted by Crippen LogP contribution is -2.45. The number of carbonyl (C=O) groups excluding carboxylic acids is 1. The summed E-state index contributed by atoms with van der Waals surface area (Å²) in [6, 6.07) is 2.35. The molecule has 92 valence electrons. The van der Waals surface area contributed by atoms with Crippen molar-refractivity contribution in [1.29, 1.82) is 0 Å². The summed E-state index contributed by atoms with van der Waals surface area (Å²) in [5.74, 6) is -2.08. The van der Waals surface area contributed by atoms with E-state index < -0.39 is 23.2 Å². The molecule has 1 amide bonds. The minimum absolute atomic E-state index is 0.0462. The minimum Gasteiger partial charge on any atom is -0.481 e. The third-order valence-corrected chi connectivity index (χ3v) is 2.01. The summed E-state index contributed by atoms with van der Waals surface area (Å²) in [7, 11) is 0. The van der Waals surface area contributed by atoms with Gasteiger partial charge in [-0.15, -0.1) is 0 Å². The Bertz CT molecular complexity index is 429. The number of carboxylic acids is 1. The molecule has 1 rings (SSSR count). The van der Waals surface area contributed by atoms with E-state index in [1.165, 1.54) is 6.07 Å². The van der Waals surface area contributed by atoms with Gasteiger partial charge in [0.15, 0.2) is 0 Å². The van der Waals surface area contributed by atoms with E-state index in [0.29, 0.717) is 0 Å². The third-order valence-electron chi connectivity index (χ3n) is 2.01. The largest absolute Gasteiger partial charge is 0.481 e. The number of carbonyl (C=O) groups is 2. The number of hydrogen-bond acceptors (Lipinski definition) is 3. The van der Waals surface area contributed by atoms with Gasteiger partial charge in [0.05, 0.1) is 12.6 Å². The second-order valence-electron chi connectivity index (χ2n) is 4.27. The fourth-order valence-electron chi connectivity index (χ4n) is 1.30. The molecule has 6 heteroatoms. The van der Waals surface area contributed by atoms with E-state index in [2.05, 4.69) is 10.3 Å². The number of nitrogens with one attached hydrogen (secondary N) is 1. The first-order valence-electron chi connectivity index (χ1n) is 4.96. The SMILES string of the molecule is CC(C)(CC(=O)O)NC(=O)c1ccc(F)cn1. The van der Waals surface area contributed by atoms with Gasteiger partial charge in [0.2, 0.25) is 0 Å². The Morgan fingerprint density at radius 3 is 2.59 bits per heavy atom. The molecule has 0 aromatic carbocycles. The fraction of sp³-hybridized carbons (Fsp3) is 0.364.